The van der Waals surface area contributed by atoms with Gasteiger partial charge in [-0.1, -0.05) is 18.2 Å². The van der Waals surface area contributed by atoms with Crippen LogP contribution in [-0.2, 0) is 11.3 Å². The normalized spacial score (nSPS) is 15.3. The quantitative estimate of drug-likeness (QED) is 0.720. The molecule has 1 aromatic carbocycles. The van der Waals surface area contributed by atoms with Gasteiger partial charge >= 0.3 is 6.03 Å². The molecular formula is C21H26N6O2. The second-order valence-corrected chi connectivity index (χ2v) is 7.28. The van der Waals surface area contributed by atoms with Gasteiger partial charge in [0, 0.05) is 38.6 Å². The molecule has 1 atom stereocenters. The van der Waals surface area contributed by atoms with Crippen molar-refractivity contribution in [2.24, 2.45) is 0 Å². The lowest BCUT2D eigenvalue weighted by molar-refractivity contribution is 0.122. The number of aromatic nitrogens is 3. The lowest BCUT2D eigenvalue weighted by atomic mass is 10.2. The number of anilines is 1. The Hall–Kier alpha value is -3.13. The van der Waals surface area contributed by atoms with E-state index >= 15 is 0 Å². The van der Waals surface area contributed by atoms with Crippen LogP contribution in [0.2, 0.25) is 0 Å². The lowest BCUT2D eigenvalue weighted by Crippen LogP contribution is -2.38. The molecule has 4 rings (SSSR count). The molecule has 1 N–H and O–H groups in total. The van der Waals surface area contributed by atoms with Gasteiger partial charge in [-0.25, -0.2) is 4.79 Å². The van der Waals surface area contributed by atoms with E-state index in [1.54, 1.807) is 11.9 Å². The fraction of sp³-hybridized carbons (Fsp3) is 0.381. The smallest absolute Gasteiger partial charge is 0.318 e. The number of rotatable bonds is 5. The predicted molar refractivity (Wildman–Crippen MR) is 111 cm³/mol. The molecule has 0 saturated carbocycles. The zero-order valence-corrected chi connectivity index (χ0v) is 16.8. The molecule has 8 heteroatoms. The van der Waals surface area contributed by atoms with Crippen molar-refractivity contribution in [3.05, 3.63) is 60.0 Å². The average Bonchev–Trinajstić information content (AvgIpc) is 3.19. The molecule has 1 aliphatic heterocycles. The summed E-state index contributed by atoms with van der Waals surface area (Å²) in [6.07, 6.45) is 1.90. The van der Waals surface area contributed by atoms with E-state index in [0.717, 1.165) is 37.5 Å². The molecule has 3 aromatic rings. The predicted octanol–water partition coefficient (Wildman–Crippen LogP) is 2.47. The van der Waals surface area contributed by atoms with Crippen molar-refractivity contribution in [1.82, 2.24) is 24.8 Å². The summed E-state index contributed by atoms with van der Waals surface area (Å²) in [6, 6.07) is 13.7. The third-order valence-corrected chi connectivity index (χ3v) is 5.15. The van der Waals surface area contributed by atoms with Gasteiger partial charge in [0.1, 0.15) is 0 Å². The standard InChI is InChI=1S/C21H26N6O2/c1-16(20-24-23-19-5-3-4-10-27(19)20)22-21(28)25(2)15-17-6-8-18(9-7-17)26-11-13-29-14-12-26/h3-10,16H,11-15H2,1-2H3,(H,22,28). The third kappa shape index (κ3) is 4.32. The van der Waals surface area contributed by atoms with Crippen molar-refractivity contribution in [3.8, 4) is 0 Å². The first-order valence-electron chi connectivity index (χ1n) is 9.85. The van der Waals surface area contributed by atoms with Crippen LogP contribution in [0, 0.1) is 0 Å². The van der Waals surface area contributed by atoms with E-state index in [1.807, 2.05) is 35.7 Å². The van der Waals surface area contributed by atoms with Crippen molar-refractivity contribution in [2.45, 2.75) is 19.5 Å². The van der Waals surface area contributed by atoms with E-state index in [4.69, 9.17) is 4.74 Å². The highest BCUT2D eigenvalue weighted by Crippen LogP contribution is 2.18. The summed E-state index contributed by atoms with van der Waals surface area (Å²) < 4.78 is 7.29. The zero-order valence-electron chi connectivity index (χ0n) is 16.8. The molecule has 0 radical (unpaired) electrons. The van der Waals surface area contributed by atoms with Gasteiger partial charge in [-0.3, -0.25) is 4.40 Å². The summed E-state index contributed by atoms with van der Waals surface area (Å²) in [5.41, 5.74) is 3.04. The highest BCUT2D eigenvalue weighted by Gasteiger charge is 2.18. The van der Waals surface area contributed by atoms with Crippen molar-refractivity contribution in [2.75, 3.05) is 38.3 Å². The third-order valence-electron chi connectivity index (χ3n) is 5.15. The van der Waals surface area contributed by atoms with Crippen LogP contribution in [0.25, 0.3) is 5.65 Å². The first-order chi connectivity index (χ1) is 14.1. The molecule has 0 spiro atoms. The molecule has 29 heavy (non-hydrogen) atoms. The van der Waals surface area contributed by atoms with E-state index in [9.17, 15) is 4.79 Å². The van der Waals surface area contributed by atoms with Gasteiger partial charge in [-0.15, -0.1) is 10.2 Å². The first-order valence-corrected chi connectivity index (χ1v) is 9.85. The molecule has 3 heterocycles. The van der Waals surface area contributed by atoms with Crippen LogP contribution in [0.15, 0.2) is 48.7 Å². The average molecular weight is 394 g/mol. The lowest BCUT2D eigenvalue weighted by Gasteiger charge is -2.29. The maximum absolute atomic E-state index is 12.6. The number of carbonyl (C=O) groups is 1. The fourth-order valence-electron chi connectivity index (χ4n) is 3.49. The number of carbonyl (C=O) groups excluding carboxylic acids is 1. The molecule has 2 aromatic heterocycles. The second-order valence-electron chi connectivity index (χ2n) is 7.28. The summed E-state index contributed by atoms with van der Waals surface area (Å²) in [6.45, 7) is 5.80. The van der Waals surface area contributed by atoms with Crippen molar-refractivity contribution in [3.63, 3.8) is 0 Å². The molecule has 0 bridgehead atoms. The van der Waals surface area contributed by atoms with Gasteiger partial charge in [0.15, 0.2) is 11.5 Å². The highest BCUT2D eigenvalue weighted by atomic mass is 16.5. The Kier molecular flexibility index (Phi) is 5.62. The summed E-state index contributed by atoms with van der Waals surface area (Å²) in [5.74, 6) is 0.706. The van der Waals surface area contributed by atoms with Gasteiger partial charge in [0.05, 0.1) is 19.3 Å². The monoisotopic (exact) mass is 394 g/mol. The maximum atomic E-state index is 12.6. The number of pyridine rings is 1. The number of benzene rings is 1. The van der Waals surface area contributed by atoms with Crippen LogP contribution >= 0.6 is 0 Å². The van der Waals surface area contributed by atoms with E-state index < -0.39 is 0 Å². The number of morpholine rings is 1. The Morgan fingerprint density at radius 3 is 2.69 bits per heavy atom. The van der Waals surface area contributed by atoms with E-state index in [0.29, 0.717) is 12.4 Å². The van der Waals surface area contributed by atoms with Crippen LogP contribution in [0.3, 0.4) is 0 Å². The Bertz CT molecular complexity index is 965. The number of hydrogen-bond acceptors (Lipinski definition) is 5. The number of amides is 2. The number of nitrogens with one attached hydrogen (secondary N) is 1. The Morgan fingerprint density at radius 1 is 1.17 bits per heavy atom. The topological polar surface area (TPSA) is 75.0 Å². The number of ether oxygens (including phenoxy) is 1. The summed E-state index contributed by atoms with van der Waals surface area (Å²) in [5, 5.41) is 11.4. The molecule has 1 unspecified atom stereocenters. The van der Waals surface area contributed by atoms with Crippen LogP contribution < -0.4 is 10.2 Å². The number of hydrogen-bond donors (Lipinski definition) is 1. The van der Waals surface area contributed by atoms with E-state index in [2.05, 4.69) is 44.7 Å². The Labute approximate surface area is 170 Å². The van der Waals surface area contributed by atoms with Crippen LogP contribution in [0.5, 0.6) is 0 Å². The van der Waals surface area contributed by atoms with E-state index in [-0.39, 0.29) is 12.1 Å². The molecule has 0 aliphatic carbocycles. The second kappa shape index (κ2) is 8.48. The van der Waals surface area contributed by atoms with Gasteiger partial charge in [-0.2, -0.15) is 0 Å². The van der Waals surface area contributed by atoms with Crippen molar-refractivity contribution >= 4 is 17.4 Å². The van der Waals surface area contributed by atoms with Crippen LogP contribution in [-0.4, -0.2) is 58.9 Å². The number of nitrogens with zero attached hydrogens (tertiary/aromatic N) is 5. The molecule has 1 aliphatic rings. The maximum Gasteiger partial charge on any atom is 0.318 e. The molecule has 2 amide bonds. The van der Waals surface area contributed by atoms with Crippen LogP contribution in [0.1, 0.15) is 24.4 Å². The van der Waals surface area contributed by atoms with E-state index in [1.165, 1.54) is 5.69 Å². The minimum Gasteiger partial charge on any atom is -0.378 e. The van der Waals surface area contributed by atoms with Gasteiger partial charge in [-0.05, 0) is 36.8 Å². The van der Waals surface area contributed by atoms with Gasteiger partial charge in [0.25, 0.3) is 0 Å². The summed E-state index contributed by atoms with van der Waals surface area (Å²) in [7, 11) is 1.79. The largest absolute Gasteiger partial charge is 0.378 e. The highest BCUT2D eigenvalue weighted by molar-refractivity contribution is 5.74. The fourth-order valence-corrected chi connectivity index (χ4v) is 3.49. The molecular weight excluding hydrogens is 368 g/mol. The van der Waals surface area contributed by atoms with Gasteiger partial charge < -0.3 is 19.9 Å². The molecule has 8 nitrogen and oxygen atoms in total. The van der Waals surface area contributed by atoms with Crippen molar-refractivity contribution < 1.29 is 9.53 Å². The molecule has 1 saturated heterocycles. The van der Waals surface area contributed by atoms with Crippen molar-refractivity contribution in [1.29, 1.82) is 0 Å². The molecule has 152 valence electrons. The minimum absolute atomic E-state index is 0.151. The summed E-state index contributed by atoms with van der Waals surface area (Å²) in [4.78, 5) is 16.6. The zero-order chi connectivity index (χ0) is 20.2. The SMILES string of the molecule is CC(NC(=O)N(C)Cc1ccc(N2CCOCC2)cc1)c1nnc2ccccn12. The molecule has 1 fully saturated rings. The number of urea groups is 1. The Balaban J connectivity index is 1.35. The first kappa shape index (κ1) is 19.2. The minimum atomic E-state index is -0.258. The Morgan fingerprint density at radius 2 is 1.93 bits per heavy atom. The number of fused-ring (bicyclic) bond motifs is 1. The summed E-state index contributed by atoms with van der Waals surface area (Å²) >= 11 is 0. The van der Waals surface area contributed by atoms with Gasteiger partial charge in [0.2, 0.25) is 0 Å². The van der Waals surface area contributed by atoms with Crippen LogP contribution in [0.4, 0.5) is 10.5 Å².